The third kappa shape index (κ3) is 3.90. The highest BCUT2D eigenvalue weighted by atomic mass is 16.5. The highest BCUT2D eigenvalue weighted by Gasteiger charge is 1.94. The van der Waals surface area contributed by atoms with Crippen molar-refractivity contribution in [2.24, 2.45) is 0 Å². The molecule has 0 saturated heterocycles. The van der Waals surface area contributed by atoms with E-state index >= 15 is 0 Å². The molecule has 0 amide bonds. The molecule has 2 heteroatoms. The summed E-state index contributed by atoms with van der Waals surface area (Å²) in [6.45, 7) is 8.38. The van der Waals surface area contributed by atoms with Gasteiger partial charge < -0.3 is 10.1 Å². The first-order valence-electron chi connectivity index (χ1n) is 4.91. The summed E-state index contributed by atoms with van der Waals surface area (Å²) in [5.74, 6) is 0.866. The molecule has 0 atom stereocenters. The lowest BCUT2D eigenvalue weighted by molar-refractivity contribution is 0.415. The molecule has 80 valence electrons. The SMILES string of the molecule is C=CCC(=C)CNc1ccc(OC)cc1. The van der Waals surface area contributed by atoms with Crippen LogP contribution in [0.1, 0.15) is 6.42 Å². The lowest BCUT2D eigenvalue weighted by Gasteiger charge is -2.08. The Morgan fingerprint density at radius 1 is 1.40 bits per heavy atom. The fourth-order valence-electron chi connectivity index (χ4n) is 1.21. The number of allylic oxidation sites excluding steroid dienone is 1. The number of nitrogens with one attached hydrogen (secondary N) is 1. The van der Waals surface area contributed by atoms with Gasteiger partial charge in [0.2, 0.25) is 0 Å². The molecule has 1 N–H and O–H groups in total. The Balaban J connectivity index is 2.43. The van der Waals surface area contributed by atoms with Gasteiger partial charge >= 0.3 is 0 Å². The van der Waals surface area contributed by atoms with Crippen LogP contribution in [-0.2, 0) is 0 Å². The first-order chi connectivity index (χ1) is 7.26. The smallest absolute Gasteiger partial charge is 0.119 e. The molecule has 0 spiro atoms. The van der Waals surface area contributed by atoms with Crippen LogP contribution in [0, 0.1) is 0 Å². The maximum Gasteiger partial charge on any atom is 0.119 e. The average molecular weight is 203 g/mol. The second-order valence-corrected chi connectivity index (χ2v) is 3.32. The molecule has 0 aliphatic rings. The largest absolute Gasteiger partial charge is 0.497 e. The average Bonchev–Trinajstić information content (AvgIpc) is 2.27. The van der Waals surface area contributed by atoms with Crippen LogP contribution in [0.15, 0.2) is 49.1 Å². The molecule has 0 bridgehead atoms. The number of hydrogen-bond acceptors (Lipinski definition) is 2. The lowest BCUT2D eigenvalue weighted by atomic mass is 10.2. The van der Waals surface area contributed by atoms with E-state index in [2.05, 4.69) is 18.5 Å². The van der Waals surface area contributed by atoms with E-state index in [1.165, 1.54) is 0 Å². The molecule has 0 aromatic heterocycles. The predicted molar refractivity (Wildman–Crippen MR) is 65.4 cm³/mol. The van der Waals surface area contributed by atoms with Gasteiger partial charge in [-0.05, 0) is 30.7 Å². The number of ether oxygens (including phenoxy) is 1. The summed E-state index contributed by atoms with van der Waals surface area (Å²) in [6.07, 6.45) is 2.71. The first kappa shape index (κ1) is 11.4. The van der Waals surface area contributed by atoms with E-state index < -0.39 is 0 Å². The van der Waals surface area contributed by atoms with Gasteiger partial charge in [0.05, 0.1) is 7.11 Å². The van der Waals surface area contributed by atoms with Crippen molar-refractivity contribution in [2.75, 3.05) is 19.0 Å². The molecular formula is C13H17NO. The van der Waals surface area contributed by atoms with E-state index in [0.717, 1.165) is 30.0 Å². The van der Waals surface area contributed by atoms with Crippen LogP contribution in [0.4, 0.5) is 5.69 Å². The van der Waals surface area contributed by atoms with Crippen LogP contribution in [0.25, 0.3) is 0 Å². The second kappa shape index (κ2) is 5.91. The van der Waals surface area contributed by atoms with E-state index in [1.54, 1.807) is 7.11 Å². The summed E-state index contributed by atoms with van der Waals surface area (Å²) in [6, 6.07) is 7.83. The molecule has 0 aliphatic carbocycles. The Hall–Kier alpha value is -1.70. The minimum Gasteiger partial charge on any atom is -0.497 e. The van der Waals surface area contributed by atoms with Gasteiger partial charge in [-0.2, -0.15) is 0 Å². The maximum absolute atomic E-state index is 5.07. The summed E-state index contributed by atoms with van der Waals surface area (Å²) in [5.41, 5.74) is 2.20. The zero-order valence-electron chi connectivity index (χ0n) is 9.12. The quantitative estimate of drug-likeness (QED) is 0.717. The number of methoxy groups -OCH3 is 1. The summed E-state index contributed by atoms with van der Waals surface area (Å²) in [5, 5.41) is 3.28. The van der Waals surface area contributed by atoms with Gasteiger partial charge in [0.15, 0.2) is 0 Å². The van der Waals surface area contributed by atoms with E-state index in [4.69, 9.17) is 4.74 Å². The van der Waals surface area contributed by atoms with Crippen LogP contribution in [0.2, 0.25) is 0 Å². The van der Waals surface area contributed by atoms with Crippen molar-refractivity contribution < 1.29 is 4.74 Å². The number of hydrogen-bond donors (Lipinski definition) is 1. The standard InChI is InChI=1S/C13H17NO/c1-4-5-11(2)10-14-12-6-8-13(15-3)9-7-12/h4,6-9,14H,1-2,5,10H2,3H3. The molecule has 0 aliphatic heterocycles. The molecule has 1 aromatic rings. The molecule has 15 heavy (non-hydrogen) atoms. The fraction of sp³-hybridized carbons (Fsp3) is 0.231. The molecule has 0 radical (unpaired) electrons. The maximum atomic E-state index is 5.07. The van der Waals surface area contributed by atoms with Crippen molar-refractivity contribution >= 4 is 5.69 Å². The van der Waals surface area contributed by atoms with Gasteiger partial charge in [-0.3, -0.25) is 0 Å². The third-order valence-electron chi connectivity index (χ3n) is 2.07. The second-order valence-electron chi connectivity index (χ2n) is 3.32. The van der Waals surface area contributed by atoms with Crippen LogP contribution >= 0.6 is 0 Å². The van der Waals surface area contributed by atoms with Gasteiger partial charge in [0, 0.05) is 12.2 Å². The number of benzene rings is 1. The molecule has 1 rings (SSSR count). The van der Waals surface area contributed by atoms with Crippen molar-refractivity contribution in [1.29, 1.82) is 0 Å². The van der Waals surface area contributed by atoms with Crippen LogP contribution in [0.3, 0.4) is 0 Å². The van der Waals surface area contributed by atoms with Crippen molar-refractivity contribution in [3.63, 3.8) is 0 Å². The number of rotatable bonds is 6. The highest BCUT2D eigenvalue weighted by Crippen LogP contribution is 2.15. The predicted octanol–water partition coefficient (Wildman–Crippen LogP) is 3.24. The van der Waals surface area contributed by atoms with Crippen LogP contribution < -0.4 is 10.1 Å². The first-order valence-corrected chi connectivity index (χ1v) is 4.91. The molecule has 0 heterocycles. The van der Waals surface area contributed by atoms with Crippen molar-refractivity contribution in [1.82, 2.24) is 0 Å². The topological polar surface area (TPSA) is 21.3 Å². The van der Waals surface area contributed by atoms with Gasteiger partial charge in [-0.1, -0.05) is 18.2 Å². The molecular weight excluding hydrogens is 186 g/mol. The Kier molecular flexibility index (Phi) is 4.48. The molecule has 2 nitrogen and oxygen atoms in total. The van der Waals surface area contributed by atoms with Gasteiger partial charge in [0.25, 0.3) is 0 Å². The zero-order valence-corrected chi connectivity index (χ0v) is 9.12. The summed E-state index contributed by atoms with van der Waals surface area (Å²) in [7, 11) is 1.66. The Morgan fingerprint density at radius 3 is 2.60 bits per heavy atom. The van der Waals surface area contributed by atoms with Gasteiger partial charge in [-0.15, -0.1) is 6.58 Å². The highest BCUT2D eigenvalue weighted by molar-refractivity contribution is 5.47. The number of anilines is 1. The zero-order chi connectivity index (χ0) is 11.1. The summed E-state index contributed by atoms with van der Waals surface area (Å²) >= 11 is 0. The third-order valence-corrected chi connectivity index (χ3v) is 2.07. The van der Waals surface area contributed by atoms with E-state index in [0.29, 0.717) is 0 Å². The lowest BCUT2D eigenvalue weighted by Crippen LogP contribution is -2.03. The Bertz CT molecular complexity index is 327. The minimum absolute atomic E-state index is 0.776. The normalized spacial score (nSPS) is 9.40. The van der Waals surface area contributed by atoms with Crippen LogP contribution in [0.5, 0.6) is 5.75 Å². The molecule has 0 saturated carbocycles. The Labute approximate surface area is 91.3 Å². The van der Waals surface area contributed by atoms with Crippen molar-refractivity contribution in [3.8, 4) is 5.75 Å². The van der Waals surface area contributed by atoms with E-state index in [-0.39, 0.29) is 0 Å². The fourth-order valence-corrected chi connectivity index (χ4v) is 1.21. The van der Waals surface area contributed by atoms with Crippen molar-refractivity contribution in [3.05, 3.63) is 49.1 Å². The van der Waals surface area contributed by atoms with Crippen LogP contribution in [-0.4, -0.2) is 13.7 Å². The molecule has 0 fully saturated rings. The van der Waals surface area contributed by atoms with E-state index in [1.807, 2.05) is 30.3 Å². The van der Waals surface area contributed by atoms with Gasteiger partial charge in [0.1, 0.15) is 5.75 Å². The van der Waals surface area contributed by atoms with E-state index in [9.17, 15) is 0 Å². The summed E-state index contributed by atoms with van der Waals surface area (Å²) < 4.78 is 5.07. The Morgan fingerprint density at radius 2 is 2.07 bits per heavy atom. The minimum atomic E-state index is 0.776. The molecule has 1 aromatic carbocycles. The molecule has 0 unspecified atom stereocenters. The van der Waals surface area contributed by atoms with Gasteiger partial charge in [-0.25, -0.2) is 0 Å². The monoisotopic (exact) mass is 203 g/mol. The van der Waals surface area contributed by atoms with Crippen molar-refractivity contribution in [2.45, 2.75) is 6.42 Å². The summed E-state index contributed by atoms with van der Waals surface area (Å²) in [4.78, 5) is 0.